The average molecular weight is 453 g/mol. The summed E-state index contributed by atoms with van der Waals surface area (Å²) < 4.78 is 11.8. The predicted molar refractivity (Wildman–Crippen MR) is 136 cm³/mol. The molecule has 0 saturated carbocycles. The minimum absolute atomic E-state index is 0.216. The highest BCUT2D eigenvalue weighted by Crippen LogP contribution is 2.31. The lowest BCUT2D eigenvalue weighted by Gasteiger charge is -2.28. The van der Waals surface area contributed by atoms with Crippen LogP contribution in [-0.2, 0) is 4.65 Å². The molecule has 0 aliphatic carbocycles. The lowest BCUT2D eigenvalue weighted by atomic mass is 9.78. The van der Waals surface area contributed by atoms with Gasteiger partial charge in [0, 0.05) is 12.5 Å². The van der Waals surface area contributed by atoms with Crippen LogP contribution in [0.5, 0.6) is 11.5 Å². The lowest BCUT2D eigenvalue weighted by molar-refractivity contribution is 0.182. The van der Waals surface area contributed by atoms with Gasteiger partial charge in [0.2, 0.25) is 0 Å². The Hall–Kier alpha value is -3.61. The summed E-state index contributed by atoms with van der Waals surface area (Å²) >= 11 is 0. The van der Waals surface area contributed by atoms with Gasteiger partial charge in [-0.3, -0.25) is 4.98 Å². The zero-order valence-electron chi connectivity index (χ0n) is 19.0. The van der Waals surface area contributed by atoms with E-state index in [2.05, 4.69) is 11.6 Å². The van der Waals surface area contributed by atoms with Crippen molar-refractivity contribution in [2.45, 2.75) is 25.3 Å². The molecule has 1 aliphatic rings. The molecular formula is C28H28BNO4. The molecule has 172 valence electrons. The minimum atomic E-state index is -0.843. The predicted octanol–water partition coefficient (Wildman–Crippen LogP) is 5.55. The van der Waals surface area contributed by atoms with Crippen LogP contribution in [0, 0.1) is 0 Å². The first-order valence-corrected chi connectivity index (χ1v) is 11.4. The first-order valence-electron chi connectivity index (χ1n) is 11.4. The zero-order chi connectivity index (χ0) is 23.8. The van der Waals surface area contributed by atoms with E-state index in [1.807, 2.05) is 72.8 Å². The van der Waals surface area contributed by atoms with Crippen molar-refractivity contribution in [1.29, 1.82) is 0 Å². The quantitative estimate of drug-likeness (QED) is 0.416. The van der Waals surface area contributed by atoms with Crippen molar-refractivity contribution in [3.8, 4) is 11.5 Å². The molecule has 1 unspecified atom stereocenters. The van der Waals surface area contributed by atoms with Gasteiger partial charge in [0.05, 0.1) is 11.8 Å². The summed E-state index contributed by atoms with van der Waals surface area (Å²) in [6.07, 6.45) is 7.19. The van der Waals surface area contributed by atoms with Crippen LogP contribution in [0.2, 0.25) is 6.32 Å². The number of phenols is 1. The van der Waals surface area contributed by atoms with Gasteiger partial charge < -0.3 is 19.5 Å². The Balaban J connectivity index is 1.50. The summed E-state index contributed by atoms with van der Waals surface area (Å²) in [7, 11) is -0.843. The van der Waals surface area contributed by atoms with E-state index in [1.165, 1.54) is 0 Å². The third-order valence-corrected chi connectivity index (χ3v) is 5.65. The number of aromatic hydroxyl groups is 1. The number of phenolic OH excluding ortho intramolecular Hbond substituents is 1. The standard InChI is InChI=1S/C28H28BNO4/c1-21(20-33-25-10-3-2-4-11-25)26-15-16-29(32)34-28(26)14-13-23(27-12-5-6-17-30-27)18-22-8-7-9-24(31)19-22/h2-12,15,17-19,28,31-32H,1,13-14,16,20H2/b23-18-. The molecule has 2 aromatic carbocycles. The summed E-state index contributed by atoms with van der Waals surface area (Å²) in [6, 6.07) is 22.5. The monoisotopic (exact) mass is 453 g/mol. The highest BCUT2D eigenvalue weighted by Gasteiger charge is 2.28. The maximum absolute atomic E-state index is 10.2. The molecule has 0 radical (unpaired) electrons. The summed E-state index contributed by atoms with van der Waals surface area (Å²) in [5.74, 6) is 0.997. The van der Waals surface area contributed by atoms with Gasteiger partial charge in [0.15, 0.2) is 0 Å². The van der Waals surface area contributed by atoms with Gasteiger partial charge >= 0.3 is 7.12 Å². The van der Waals surface area contributed by atoms with Crippen molar-refractivity contribution in [3.05, 3.63) is 114 Å². The minimum Gasteiger partial charge on any atom is -0.508 e. The number of aromatic nitrogens is 1. The molecule has 0 bridgehead atoms. The zero-order valence-corrected chi connectivity index (χ0v) is 19.0. The molecule has 1 aromatic heterocycles. The van der Waals surface area contributed by atoms with Crippen LogP contribution in [0.25, 0.3) is 11.6 Å². The summed E-state index contributed by atoms with van der Waals surface area (Å²) in [6.45, 7) is 4.57. The van der Waals surface area contributed by atoms with Crippen LogP contribution in [0.4, 0.5) is 0 Å². The number of allylic oxidation sites excluding steroid dienone is 2. The van der Waals surface area contributed by atoms with Gasteiger partial charge in [0.1, 0.15) is 18.1 Å². The molecule has 1 aliphatic heterocycles. The number of hydrogen-bond donors (Lipinski definition) is 2. The molecule has 3 aromatic rings. The number of hydrogen-bond acceptors (Lipinski definition) is 5. The number of ether oxygens (including phenoxy) is 1. The number of benzene rings is 2. The Labute approximate surface area is 200 Å². The van der Waals surface area contributed by atoms with Gasteiger partial charge in [-0.15, -0.1) is 0 Å². The molecule has 0 amide bonds. The first-order chi connectivity index (χ1) is 16.6. The molecule has 5 nitrogen and oxygen atoms in total. The van der Waals surface area contributed by atoms with Crippen molar-refractivity contribution in [2.24, 2.45) is 0 Å². The van der Waals surface area contributed by atoms with Crippen molar-refractivity contribution < 1.29 is 19.5 Å². The van der Waals surface area contributed by atoms with Gasteiger partial charge in [-0.1, -0.05) is 49.1 Å². The van der Waals surface area contributed by atoms with E-state index in [0.29, 0.717) is 25.8 Å². The molecule has 4 rings (SSSR count). The molecule has 0 fully saturated rings. The van der Waals surface area contributed by atoms with E-state index < -0.39 is 7.12 Å². The maximum atomic E-state index is 10.2. The second-order valence-electron chi connectivity index (χ2n) is 8.20. The highest BCUT2D eigenvalue weighted by atomic mass is 16.5. The van der Waals surface area contributed by atoms with E-state index in [-0.39, 0.29) is 11.9 Å². The Morgan fingerprint density at radius 3 is 2.71 bits per heavy atom. The van der Waals surface area contributed by atoms with Gasteiger partial charge in [-0.25, -0.2) is 0 Å². The number of nitrogens with zero attached hydrogens (tertiary/aromatic N) is 1. The molecule has 34 heavy (non-hydrogen) atoms. The van der Waals surface area contributed by atoms with Crippen molar-refractivity contribution in [2.75, 3.05) is 6.61 Å². The van der Waals surface area contributed by atoms with Gasteiger partial charge in [0.25, 0.3) is 0 Å². The van der Waals surface area contributed by atoms with Gasteiger partial charge in [-0.05, 0) is 77.6 Å². The van der Waals surface area contributed by atoms with Crippen LogP contribution in [-0.4, -0.2) is 34.9 Å². The van der Waals surface area contributed by atoms with Crippen molar-refractivity contribution >= 4 is 18.8 Å². The Bertz CT molecular complexity index is 1160. The van der Waals surface area contributed by atoms with Gasteiger partial charge in [-0.2, -0.15) is 0 Å². The second kappa shape index (κ2) is 11.5. The van der Waals surface area contributed by atoms with Crippen LogP contribution in [0.15, 0.2) is 103 Å². The number of pyridine rings is 1. The SMILES string of the molecule is C=C(COc1ccccc1)C1=CCB(O)OC1CC/C(=C/c1cccc(O)c1)c1ccccn1. The van der Waals surface area contributed by atoms with Crippen LogP contribution in [0.3, 0.4) is 0 Å². The second-order valence-corrected chi connectivity index (χ2v) is 8.20. The molecule has 0 spiro atoms. The fraction of sp³-hybridized carbons (Fsp3) is 0.179. The van der Waals surface area contributed by atoms with Crippen LogP contribution < -0.4 is 4.74 Å². The van der Waals surface area contributed by atoms with Crippen LogP contribution >= 0.6 is 0 Å². The average Bonchev–Trinajstić information content (AvgIpc) is 2.86. The smallest absolute Gasteiger partial charge is 0.458 e. The highest BCUT2D eigenvalue weighted by molar-refractivity contribution is 6.43. The molecule has 6 heteroatoms. The fourth-order valence-corrected chi connectivity index (χ4v) is 3.97. The number of rotatable bonds is 9. The Morgan fingerprint density at radius 1 is 1.12 bits per heavy atom. The fourth-order valence-electron chi connectivity index (χ4n) is 3.97. The van der Waals surface area contributed by atoms with E-state index >= 15 is 0 Å². The lowest BCUT2D eigenvalue weighted by Crippen LogP contribution is -2.32. The van der Waals surface area contributed by atoms with Crippen LogP contribution in [0.1, 0.15) is 24.1 Å². The van der Waals surface area contributed by atoms with Crippen molar-refractivity contribution in [3.63, 3.8) is 0 Å². The number of para-hydroxylation sites is 1. The Kier molecular flexibility index (Phi) is 7.97. The molecule has 0 saturated heterocycles. The van der Waals surface area contributed by atoms with E-state index in [0.717, 1.165) is 33.7 Å². The summed E-state index contributed by atoms with van der Waals surface area (Å²) in [4.78, 5) is 4.52. The summed E-state index contributed by atoms with van der Waals surface area (Å²) in [5, 5.41) is 20.0. The summed E-state index contributed by atoms with van der Waals surface area (Å²) in [5.41, 5.74) is 4.55. The molecular weight excluding hydrogens is 425 g/mol. The first kappa shape index (κ1) is 23.5. The molecule has 2 heterocycles. The van der Waals surface area contributed by atoms with E-state index in [4.69, 9.17) is 9.39 Å². The largest absolute Gasteiger partial charge is 0.508 e. The van der Waals surface area contributed by atoms with E-state index in [1.54, 1.807) is 18.3 Å². The molecule has 1 atom stereocenters. The molecule has 2 N–H and O–H groups in total. The maximum Gasteiger partial charge on any atom is 0.458 e. The third-order valence-electron chi connectivity index (χ3n) is 5.65. The normalized spacial score (nSPS) is 16.1. The van der Waals surface area contributed by atoms with E-state index in [9.17, 15) is 10.1 Å². The third kappa shape index (κ3) is 6.47. The topological polar surface area (TPSA) is 71.8 Å². The Morgan fingerprint density at radius 2 is 1.94 bits per heavy atom. The van der Waals surface area contributed by atoms with Crippen molar-refractivity contribution in [1.82, 2.24) is 4.98 Å².